The van der Waals surface area contributed by atoms with Crippen molar-refractivity contribution in [1.29, 1.82) is 0 Å². The average molecular weight is 282 g/mol. The van der Waals surface area contributed by atoms with Crippen LogP contribution in [0.5, 0.6) is 0 Å². The summed E-state index contributed by atoms with van der Waals surface area (Å²) >= 11 is 3.53. The fraction of sp³-hybridized carbons (Fsp3) is 0.571. The van der Waals surface area contributed by atoms with Crippen molar-refractivity contribution in [2.24, 2.45) is 5.92 Å². The molecular weight excluding hydrogens is 262 g/mol. The molecule has 0 aromatic heterocycles. The number of hydrogen-bond donors (Lipinski definition) is 1. The maximum atomic E-state index is 3.59. The summed E-state index contributed by atoms with van der Waals surface area (Å²) in [5.41, 5.74) is 2.54. The topological polar surface area (TPSA) is 12.0 Å². The molecule has 0 amide bonds. The van der Waals surface area contributed by atoms with Crippen molar-refractivity contribution in [3.05, 3.63) is 28.2 Å². The Morgan fingerprint density at radius 2 is 2.19 bits per heavy atom. The Hall–Kier alpha value is -0.500. The van der Waals surface area contributed by atoms with Crippen LogP contribution >= 0.6 is 15.9 Å². The van der Waals surface area contributed by atoms with E-state index in [1.807, 2.05) is 0 Å². The Balaban J connectivity index is 1.89. The minimum absolute atomic E-state index is 0.589. The monoisotopic (exact) mass is 281 g/mol. The molecule has 2 rings (SSSR count). The minimum Gasteiger partial charge on any atom is -0.383 e. The van der Waals surface area contributed by atoms with Crippen LogP contribution in [0.3, 0.4) is 0 Å². The van der Waals surface area contributed by atoms with Gasteiger partial charge in [0.05, 0.1) is 0 Å². The average Bonchev–Trinajstić information content (AvgIpc) is 2.18. The number of nitrogens with one attached hydrogen (secondary N) is 1. The fourth-order valence-electron chi connectivity index (χ4n) is 2.31. The Morgan fingerprint density at radius 1 is 1.44 bits per heavy atom. The molecule has 0 radical (unpaired) electrons. The highest BCUT2D eigenvalue weighted by molar-refractivity contribution is 9.10. The molecule has 0 heterocycles. The third-order valence-electron chi connectivity index (χ3n) is 3.48. The minimum atomic E-state index is 0.589. The van der Waals surface area contributed by atoms with Gasteiger partial charge in [0.2, 0.25) is 0 Å². The van der Waals surface area contributed by atoms with Gasteiger partial charge in [0, 0.05) is 16.2 Å². The van der Waals surface area contributed by atoms with Gasteiger partial charge in [-0.3, -0.25) is 0 Å². The summed E-state index contributed by atoms with van der Waals surface area (Å²) in [4.78, 5) is 0. The van der Waals surface area contributed by atoms with Crippen molar-refractivity contribution in [2.75, 3.05) is 5.32 Å². The van der Waals surface area contributed by atoms with Gasteiger partial charge in [-0.15, -0.1) is 0 Å². The molecule has 16 heavy (non-hydrogen) atoms. The predicted octanol–water partition coefficient (Wildman–Crippen LogP) is 4.75. The SMILES string of the molecule is Cc1cc(NC(C)CC2CCC2)ccc1Br. The van der Waals surface area contributed by atoms with E-state index in [1.165, 1.54) is 41.4 Å². The number of halogens is 1. The van der Waals surface area contributed by atoms with Crippen LogP contribution in [-0.2, 0) is 0 Å². The summed E-state index contributed by atoms with van der Waals surface area (Å²) in [7, 11) is 0. The zero-order valence-corrected chi connectivity index (χ0v) is 11.7. The fourth-order valence-corrected chi connectivity index (χ4v) is 2.55. The molecule has 1 N–H and O–H groups in total. The van der Waals surface area contributed by atoms with Gasteiger partial charge >= 0.3 is 0 Å². The lowest BCUT2D eigenvalue weighted by Crippen LogP contribution is -2.23. The molecule has 1 aromatic rings. The molecule has 1 nitrogen and oxygen atoms in total. The first-order valence-electron chi connectivity index (χ1n) is 6.18. The van der Waals surface area contributed by atoms with E-state index >= 15 is 0 Å². The van der Waals surface area contributed by atoms with Gasteiger partial charge in [0.1, 0.15) is 0 Å². The van der Waals surface area contributed by atoms with Crippen LogP contribution in [0, 0.1) is 12.8 Å². The van der Waals surface area contributed by atoms with E-state index in [0.29, 0.717) is 6.04 Å². The van der Waals surface area contributed by atoms with Gasteiger partial charge in [-0.2, -0.15) is 0 Å². The van der Waals surface area contributed by atoms with Gasteiger partial charge in [-0.1, -0.05) is 35.2 Å². The molecule has 1 saturated carbocycles. The third kappa shape index (κ3) is 3.00. The first kappa shape index (κ1) is 12.0. The van der Waals surface area contributed by atoms with E-state index in [1.54, 1.807) is 0 Å². The first-order chi connectivity index (χ1) is 7.65. The zero-order chi connectivity index (χ0) is 11.5. The van der Waals surface area contributed by atoms with E-state index in [2.05, 4.69) is 53.3 Å². The van der Waals surface area contributed by atoms with Crippen LogP contribution < -0.4 is 5.32 Å². The molecule has 0 spiro atoms. The van der Waals surface area contributed by atoms with E-state index < -0.39 is 0 Å². The molecule has 1 aliphatic rings. The molecule has 1 unspecified atom stereocenters. The van der Waals surface area contributed by atoms with Gasteiger partial charge in [-0.25, -0.2) is 0 Å². The summed E-state index contributed by atoms with van der Waals surface area (Å²) in [5.74, 6) is 0.971. The van der Waals surface area contributed by atoms with E-state index in [-0.39, 0.29) is 0 Å². The van der Waals surface area contributed by atoms with Gasteiger partial charge in [0.15, 0.2) is 0 Å². The normalized spacial score (nSPS) is 17.9. The molecule has 88 valence electrons. The van der Waals surface area contributed by atoms with Gasteiger partial charge in [-0.05, 0) is 49.9 Å². The van der Waals surface area contributed by atoms with E-state index in [9.17, 15) is 0 Å². The number of benzene rings is 1. The lowest BCUT2D eigenvalue weighted by molar-refractivity contribution is 0.286. The number of aryl methyl sites for hydroxylation is 1. The maximum absolute atomic E-state index is 3.59. The molecule has 0 aliphatic heterocycles. The highest BCUT2D eigenvalue weighted by Crippen LogP contribution is 2.31. The van der Waals surface area contributed by atoms with Crippen molar-refractivity contribution < 1.29 is 0 Å². The molecule has 0 bridgehead atoms. The summed E-state index contributed by atoms with van der Waals surface area (Å²) in [6, 6.07) is 7.06. The second-order valence-electron chi connectivity index (χ2n) is 5.04. The van der Waals surface area contributed by atoms with Crippen LogP contribution in [0.4, 0.5) is 5.69 Å². The Morgan fingerprint density at radius 3 is 2.75 bits per heavy atom. The zero-order valence-electron chi connectivity index (χ0n) is 10.1. The maximum Gasteiger partial charge on any atom is 0.0345 e. The number of anilines is 1. The van der Waals surface area contributed by atoms with Crippen molar-refractivity contribution in [3.8, 4) is 0 Å². The Bertz CT molecular complexity index is 358. The molecule has 1 fully saturated rings. The van der Waals surface area contributed by atoms with Crippen molar-refractivity contribution >= 4 is 21.6 Å². The highest BCUT2D eigenvalue weighted by Gasteiger charge is 2.19. The molecule has 1 aromatic carbocycles. The summed E-state index contributed by atoms with van der Waals surface area (Å²) in [5, 5.41) is 3.59. The van der Waals surface area contributed by atoms with E-state index in [4.69, 9.17) is 0 Å². The first-order valence-corrected chi connectivity index (χ1v) is 6.97. The summed E-state index contributed by atoms with van der Waals surface area (Å²) in [6.45, 7) is 4.42. The molecule has 1 aliphatic carbocycles. The lowest BCUT2D eigenvalue weighted by Gasteiger charge is -2.29. The van der Waals surface area contributed by atoms with Crippen LogP contribution in [0.25, 0.3) is 0 Å². The van der Waals surface area contributed by atoms with Crippen LogP contribution in [0.15, 0.2) is 22.7 Å². The van der Waals surface area contributed by atoms with Crippen LogP contribution in [0.2, 0.25) is 0 Å². The number of rotatable bonds is 4. The Labute approximate surface area is 107 Å². The molecule has 2 heteroatoms. The van der Waals surface area contributed by atoms with E-state index in [0.717, 1.165) is 5.92 Å². The molecule has 0 saturated heterocycles. The predicted molar refractivity (Wildman–Crippen MR) is 73.9 cm³/mol. The standard InChI is InChI=1S/C14H20BrN/c1-10-8-13(6-7-14(10)15)16-11(2)9-12-4-3-5-12/h6-8,11-12,16H,3-5,9H2,1-2H3. The lowest BCUT2D eigenvalue weighted by atomic mass is 9.81. The van der Waals surface area contributed by atoms with Gasteiger partial charge < -0.3 is 5.32 Å². The highest BCUT2D eigenvalue weighted by atomic mass is 79.9. The number of hydrogen-bond acceptors (Lipinski definition) is 1. The summed E-state index contributed by atoms with van der Waals surface area (Å²) < 4.78 is 1.18. The second-order valence-corrected chi connectivity index (χ2v) is 5.90. The quantitative estimate of drug-likeness (QED) is 0.840. The largest absolute Gasteiger partial charge is 0.383 e. The van der Waals surface area contributed by atoms with Crippen molar-refractivity contribution in [2.45, 2.75) is 45.6 Å². The Kier molecular flexibility index (Phi) is 3.91. The van der Waals surface area contributed by atoms with Crippen LogP contribution in [0.1, 0.15) is 38.2 Å². The second kappa shape index (κ2) is 5.22. The smallest absolute Gasteiger partial charge is 0.0345 e. The third-order valence-corrected chi connectivity index (χ3v) is 4.37. The molecular formula is C14H20BrN. The van der Waals surface area contributed by atoms with Crippen molar-refractivity contribution in [3.63, 3.8) is 0 Å². The molecule has 1 atom stereocenters. The summed E-state index contributed by atoms with van der Waals surface area (Å²) in [6.07, 6.45) is 5.63. The van der Waals surface area contributed by atoms with Gasteiger partial charge in [0.25, 0.3) is 0 Å². The van der Waals surface area contributed by atoms with Crippen LogP contribution in [-0.4, -0.2) is 6.04 Å². The van der Waals surface area contributed by atoms with Crippen molar-refractivity contribution in [1.82, 2.24) is 0 Å².